The largest absolute Gasteiger partial charge is 0.368 e. The van der Waals surface area contributed by atoms with Gasteiger partial charge in [-0.3, -0.25) is 9.36 Å². The van der Waals surface area contributed by atoms with Crippen LogP contribution in [0.25, 0.3) is 10.2 Å². The maximum absolute atomic E-state index is 12.7. The van der Waals surface area contributed by atoms with Gasteiger partial charge in [-0.05, 0) is 26.3 Å². The van der Waals surface area contributed by atoms with E-state index in [0.717, 1.165) is 15.3 Å². The van der Waals surface area contributed by atoms with Crippen LogP contribution in [0.2, 0.25) is 0 Å². The number of nitrogens with two attached hydrogens (primary N) is 1. The first-order chi connectivity index (χ1) is 12.2. The summed E-state index contributed by atoms with van der Waals surface area (Å²) < 4.78 is 1.58. The third-order valence-corrected chi connectivity index (χ3v) is 6.31. The van der Waals surface area contributed by atoms with Gasteiger partial charge in [-0.1, -0.05) is 11.8 Å². The van der Waals surface area contributed by atoms with Crippen LogP contribution in [0.15, 0.2) is 9.95 Å². The van der Waals surface area contributed by atoms with Gasteiger partial charge in [0.15, 0.2) is 5.16 Å². The third-order valence-electron chi connectivity index (χ3n) is 4.07. The minimum Gasteiger partial charge on any atom is -0.368 e. The molecule has 3 rings (SSSR count). The van der Waals surface area contributed by atoms with Crippen molar-refractivity contribution < 1.29 is 0 Å². The van der Waals surface area contributed by atoms with E-state index in [9.17, 15) is 4.79 Å². The Hall–Kier alpha value is -2.20. The molecule has 1 atom stereocenters. The molecular formula is C16H21N7OS2. The van der Waals surface area contributed by atoms with Crippen LogP contribution in [-0.4, -0.2) is 38.6 Å². The molecule has 0 fully saturated rings. The molecule has 0 spiro atoms. The summed E-state index contributed by atoms with van der Waals surface area (Å²) in [5.74, 6) is 1.23. The Morgan fingerprint density at radius 3 is 2.54 bits per heavy atom. The molecule has 3 aromatic heterocycles. The average molecular weight is 392 g/mol. The second kappa shape index (κ2) is 6.84. The predicted molar refractivity (Wildman–Crippen MR) is 107 cm³/mol. The van der Waals surface area contributed by atoms with Gasteiger partial charge < -0.3 is 10.6 Å². The van der Waals surface area contributed by atoms with Crippen LogP contribution in [0.5, 0.6) is 0 Å². The second-order valence-electron chi connectivity index (χ2n) is 6.23. The minimum atomic E-state index is -0.142. The molecule has 138 valence electrons. The molecule has 0 aliphatic carbocycles. The van der Waals surface area contributed by atoms with Crippen molar-refractivity contribution in [2.24, 2.45) is 7.05 Å². The van der Waals surface area contributed by atoms with E-state index in [4.69, 9.17) is 10.7 Å². The normalized spacial score (nSPS) is 12.5. The molecule has 0 bridgehead atoms. The van der Waals surface area contributed by atoms with E-state index >= 15 is 0 Å². The molecule has 3 heterocycles. The smallest absolute Gasteiger partial charge is 0.262 e. The summed E-state index contributed by atoms with van der Waals surface area (Å²) in [4.78, 5) is 33.9. The molecule has 26 heavy (non-hydrogen) atoms. The zero-order valence-electron chi connectivity index (χ0n) is 15.6. The zero-order valence-corrected chi connectivity index (χ0v) is 17.2. The van der Waals surface area contributed by atoms with E-state index in [1.54, 1.807) is 27.9 Å². The molecule has 3 aromatic rings. The summed E-state index contributed by atoms with van der Waals surface area (Å²) in [6.45, 7) is 5.93. The standard InChI is InChI=1S/C16H21N7OS2/c1-7-8(2)25-12-10(7)13(24)23(6)16(20-12)26-9(3)11-18-14(17)21-15(19-11)22(4)5/h9H,1-6H3,(H2,17,18,19,21). The van der Waals surface area contributed by atoms with Crippen molar-refractivity contribution in [2.45, 2.75) is 31.2 Å². The van der Waals surface area contributed by atoms with Crippen LogP contribution < -0.4 is 16.2 Å². The van der Waals surface area contributed by atoms with Crippen molar-refractivity contribution in [2.75, 3.05) is 24.7 Å². The van der Waals surface area contributed by atoms with Gasteiger partial charge in [0, 0.05) is 26.0 Å². The summed E-state index contributed by atoms with van der Waals surface area (Å²) in [5.41, 5.74) is 6.78. The Morgan fingerprint density at radius 2 is 1.88 bits per heavy atom. The van der Waals surface area contributed by atoms with E-state index < -0.39 is 0 Å². The molecule has 0 aliphatic heterocycles. The molecule has 1 unspecified atom stereocenters. The number of aryl methyl sites for hydroxylation is 2. The number of fused-ring (bicyclic) bond motifs is 1. The predicted octanol–water partition coefficient (Wildman–Crippen LogP) is 2.30. The van der Waals surface area contributed by atoms with E-state index in [-0.39, 0.29) is 16.8 Å². The highest BCUT2D eigenvalue weighted by atomic mass is 32.2. The molecule has 0 saturated carbocycles. The fourth-order valence-electron chi connectivity index (χ4n) is 2.45. The topological polar surface area (TPSA) is 103 Å². The first kappa shape index (κ1) is 18.6. The van der Waals surface area contributed by atoms with Gasteiger partial charge in [-0.25, -0.2) is 4.98 Å². The third kappa shape index (κ3) is 3.26. The number of thioether (sulfide) groups is 1. The van der Waals surface area contributed by atoms with Crippen LogP contribution >= 0.6 is 23.1 Å². The SMILES string of the molecule is Cc1sc2nc(SC(C)c3nc(N)nc(N(C)C)n3)n(C)c(=O)c2c1C. The number of aromatic nitrogens is 5. The zero-order chi connectivity index (χ0) is 19.2. The Bertz CT molecular complexity index is 1040. The van der Waals surface area contributed by atoms with Gasteiger partial charge >= 0.3 is 0 Å². The van der Waals surface area contributed by atoms with Crippen molar-refractivity contribution in [3.8, 4) is 0 Å². The number of nitrogen functional groups attached to an aromatic ring is 1. The van der Waals surface area contributed by atoms with Crippen molar-refractivity contribution >= 4 is 45.2 Å². The highest BCUT2D eigenvalue weighted by molar-refractivity contribution is 7.99. The monoisotopic (exact) mass is 391 g/mol. The van der Waals surface area contributed by atoms with Crippen molar-refractivity contribution in [1.29, 1.82) is 0 Å². The summed E-state index contributed by atoms with van der Waals surface area (Å²) in [7, 11) is 5.43. The van der Waals surface area contributed by atoms with E-state index in [1.807, 2.05) is 34.9 Å². The number of hydrogen-bond donors (Lipinski definition) is 1. The number of thiophene rings is 1. The second-order valence-corrected chi connectivity index (χ2v) is 8.74. The van der Waals surface area contributed by atoms with Gasteiger partial charge in [0.05, 0.1) is 10.6 Å². The molecule has 0 saturated heterocycles. The fraction of sp³-hybridized carbons (Fsp3) is 0.438. The lowest BCUT2D eigenvalue weighted by molar-refractivity contribution is 0.723. The van der Waals surface area contributed by atoms with Crippen LogP contribution in [-0.2, 0) is 7.05 Å². The lowest BCUT2D eigenvalue weighted by atomic mass is 10.2. The quantitative estimate of drug-likeness (QED) is 0.534. The van der Waals surface area contributed by atoms with Gasteiger partial charge in [0.1, 0.15) is 10.7 Å². The first-order valence-corrected chi connectivity index (χ1v) is 9.70. The van der Waals surface area contributed by atoms with Gasteiger partial charge in [-0.2, -0.15) is 15.0 Å². The van der Waals surface area contributed by atoms with Gasteiger partial charge in [-0.15, -0.1) is 11.3 Å². The molecule has 2 N–H and O–H groups in total. The molecular weight excluding hydrogens is 370 g/mol. The molecule has 0 aromatic carbocycles. The Morgan fingerprint density at radius 1 is 1.19 bits per heavy atom. The Kier molecular flexibility index (Phi) is 4.89. The maximum Gasteiger partial charge on any atom is 0.262 e. The van der Waals surface area contributed by atoms with Crippen molar-refractivity contribution in [3.63, 3.8) is 0 Å². The number of nitrogens with zero attached hydrogens (tertiary/aromatic N) is 6. The van der Waals surface area contributed by atoms with Gasteiger partial charge in [0.25, 0.3) is 5.56 Å². The van der Waals surface area contributed by atoms with E-state index in [1.165, 1.54) is 11.8 Å². The maximum atomic E-state index is 12.7. The highest BCUT2D eigenvalue weighted by Crippen LogP contribution is 2.34. The Labute approximate surface area is 159 Å². The fourth-order valence-corrected chi connectivity index (χ4v) is 4.44. The first-order valence-electron chi connectivity index (χ1n) is 8.01. The Balaban J connectivity index is 2.01. The van der Waals surface area contributed by atoms with Crippen LogP contribution in [0, 0.1) is 13.8 Å². The van der Waals surface area contributed by atoms with Crippen LogP contribution in [0.1, 0.15) is 28.4 Å². The number of rotatable bonds is 4. The number of anilines is 2. The van der Waals surface area contributed by atoms with Crippen LogP contribution in [0.4, 0.5) is 11.9 Å². The van der Waals surface area contributed by atoms with Crippen molar-refractivity contribution in [3.05, 3.63) is 26.6 Å². The lowest BCUT2D eigenvalue weighted by Gasteiger charge is -2.15. The van der Waals surface area contributed by atoms with Crippen molar-refractivity contribution in [1.82, 2.24) is 24.5 Å². The summed E-state index contributed by atoms with van der Waals surface area (Å²) in [6, 6.07) is 0. The van der Waals surface area contributed by atoms with E-state index in [2.05, 4.69) is 15.0 Å². The molecule has 0 amide bonds. The lowest BCUT2D eigenvalue weighted by Crippen LogP contribution is -2.20. The molecule has 8 nitrogen and oxygen atoms in total. The molecule has 10 heteroatoms. The van der Waals surface area contributed by atoms with Gasteiger partial charge in [0.2, 0.25) is 11.9 Å². The summed E-state index contributed by atoms with van der Waals surface area (Å²) in [6.07, 6.45) is 0. The average Bonchev–Trinajstić information content (AvgIpc) is 2.86. The summed E-state index contributed by atoms with van der Waals surface area (Å²) in [5, 5.41) is 1.18. The van der Waals surface area contributed by atoms with Crippen LogP contribution in [0.3, 0.4) is 0 Å². The number of hydrogen-bond acceptors (Lipinski definition) is 9. The molecule has 0 aliphatic rings. The molecule has 0 radical (unpaired) electrons. The minimum absolute atomic E-state index is 0.0318. The van der Waals surface area contributed by atoms with E-state index in [0.29, 0.717) is 22.3 Å². The summed E-state index contributed by atoms with van der Waals surface area (Å²) >= 11 is 2.97. The highest BCUT2D eigenvalue weighted by Gasteiger charge is 2.20.